The van der Waals surface area contributed by atoms with Crippen molar-refractivity contribution in [3.05, 3.63) is 28.8 Å². The van der Waals surface area contributed by atoms with E-state index in [1.165, 1.54) is 13.2 Å². The first kappa shape index (κ1) is 12.9. The minimum absolute atomic E-state index is 0.0118. The van der Waals surface area contributed by atoms with Crippen LogP contribution in [0.1, 0.15) is 10.4 Å². The lowest BCUT2D eigenvalue weighted by Crippen LogP contribution is -2.48. The molecule has 1 aromatic carbocycles. The molecule has 1 aliphatic heterocycles. The smallest absolute Gasteiger partial charge is 0.339 e. The summed E-state index contributed by atoms with van der Waals surface area (Å²) in [5, 5.41) is 6.06. The minimum Gasteiger partial charge on any atom is -0.465 e. The van der Waals surface area contributed by atoms with Gasteiger partial charge in [-0.2, -0.15) is 0 Å². The maximum atomic E-state index is 11.7. The van der Waals surface area contributed by atoms with Gasteiger partial charge in [-0.25, -0.2) is 4.79 Å². The quantitative estimate of drug-likeness (QED) is 0.811. The molecule has 1 heterocycles. The van der Waals surface area contributed by atoms with Crippen molar-refractivity contribution in [1.29, 1.82) is 0 Å². The van der Waals surface area contributed by atoms with Crippen molar-refractivity contribution < 1.29 is 14.3 Å². The summed E-state index contributed by atoms with van der Waals surface area (Å²) in [6.45, 7) is 1.37. The third-order valence-corrected chi connectivity index (χ3v) is 3.12. The van der Waals surface area contributed by atoms with Gasteiger partial charge in [0.15, 0.2) is 0 Å². The molecule has 0 atom stereocenters. The number of hydrogen-bond donors (Lipinski definition) is 2. The van der Waals surface area contributed by atoms with Crippen LogP contribution in [0.25, 0.3) is 0 Å². The molecule has 0 aliphatic carbocycles. The van der Waals surface area contributed by atoms with Gasteiger partial charge in [0.25, 0.3) is 0 Å². The first-order valence-electron chi connectivity index (χ1n) is 5.51. The van der Waals surface area contributed by atoms with Crippen LogP contribution in [0, 0.1) is 5.92 Å². The Hall–Kier alpha value is -1.59. The second kappa shape index (κ2) is 5.37. The Morgan fingerprint density at radius 2 is 2.17 bits per heavy atom. The van der Waals surface area contributed by atoms with Crippen LogP contribution in [0.4, 0.5) is 5.69 Å². The molecule has 1 aromatic rings. The van der Waals surface area contributed by atoms with Crippen LogP contribution in [-0.4, -0.2) is 32.1 Å². The van der Waals surface area contributed by atoms with Gasteiger partial charge in [0, 0.05) is 18.8 Å². The number of benzene rings is 1. The van der Waals surface area contributed by atoms with Gasteiger partial charge in [-0.1, -0.05) is 11.6 Å². The summed E-state index contributed by atoms with van der Waals surface area (Å²) in [6.07, 6.45) is 0. The molecule has 1 amide bonds. The number of esters is 1. The number of methoxy groups -OCH3 is 1. The van der Waals surface area contributed by atoms with E-state index < -0.39 is 5.97 Å². The number of amides is 1. The molecule has 1 fully saturated rings. The molecule has 96 valence electrons. The molecule has 2 rings (SSSR count). The van der Waals surface area contributed by atoms with Crippen molar-refractivity contribution in [2.75, 3.05) is 25.5 Å². The molecule has 0 bridgehead atoms. The molecular weight excluding hydrogens is 256 g/mol. The van der Waals surface area contributed by atoms with Crippen LogP contribution in [-0.2, 0) is 9.53 Å². The van der Waals surface area contributed by atoms with E-state index in [0.717, 1.165) is 0 Å². The highest BCUT2D eigenvalue weighted by Crippen LogP contribution is 2.22. The molecule has 0 saturated carbocycles. The van der Waals surface area contributed by atoms with Crippen molar-refractivity contribution >= 4 is 29.2 Å². The Balaban J connectivity index is 2.13. The largest absolute Gasteiger partial charge is 0.465 e. The van der Waals surface area contributed by atoms with E-state index >= 15 is 0 Å². The molecule has 6 heteroatoms. The predicted molar refractivity (Wildman–Crippen MR) is 67.8 cm³/mol. The average molecular weight is 269 g/mol. The summed E-state index contributed by atoms with van der Waals surface area (Å²) < 4.78 is 4.61. The fourth-order valence-electron chi connectivity index (χ4n) is 1.59. The summed E-state index contributed by atoms with van der Waals surface area (Å²) in [5.74, 6) is -0.601. The number of carbonyl (C=O) groups excluding carboxylic acids is 2. The van der Waals surface area contributed by atoms with Gasteiger partial charge in [0.05, 0.1) is 23.6 Å². The van der Waals surface area contributed by atoms with Crippen molar-refractivity contribution in [2.45, 2.75) is 0 Å². The fraction of sp³-hybridized carbons (Fsp3) is 0.333. The van der Waals surface area contributed by atoms with Gasteiger partial charge >= 0.3 is 5.97 Å². The number of hydrogen-bond acceptors (Lipinski definition) is 4. The van der Waals surface area contributed by atoms with Crippen molar-refractivity contribution in [1.82, 2.24) is 5.32 Å². The van der Waals surface area contributed by atoms with E-state index in [4.69, 9.17) is 11.6 Å². The molecule has 0 radical (unpaired) electrons. The third kappa shape index (κ3) is 2.63. The van der Waals surface area contributed by atoms with E-state index in [2.05, 4.69) is 15.4 Å². The van der Waals surface area contributed by atoms with Gasteiger partial charge in [0.1, 0.15) is 0 Å². The van der Waals surface area contributed by atoms with E-state index in [-0.39, 0.29) is 17.4 Å². The van der Waals surface area contributed by atoms with E-state index in [9.17, 15) is 9.59 Å². The molecule has 0 unspecified atom stereocenters. The molecule has 1 aliphatic rings. The molecule has 1 saturated heterocycles. The highest BCUT2D eigenvalue weighted by Gasteiger charge is 2.25. The van der Waals surface area contributed by atoms with Crippen molar-refractivity contribution in [2.24, 2.45) is 5.92 Å². The van der Waals surface area contributed by atoms with E-state index in [1.54, 1.807) is 12.1 Å². The second-order valence-electron chi connectivity index (χ2n) is 4.03. The SMILES string of the molecule is COC(=O)c1cc(NC(=O)C2CNC2)ccc1Cl. The van der Waals surface area contributed by atoms with E-state index in [0.29, 0.717) is 23.8 Å². The normalized spacial score (nSPS) is 14.8. The monoisotopic (exact) mass is 268 g/mol. The van der Waals surface area contributed by atoms with Crippen molar-refractivity contribution in [3.8, 4) is 0 Å². The summed E-state index contributed by atoms with van der Waals surface area (Å²) in [6, 6.07) is 4.72. The lowest BCUT2D eigenvalue weighted by molar-refractivity contribution is -0.121. The van der Waals surface area contributed by atoms with Gasteiger partial charge < -0.3 is 15.4 Å². The zero-order valence-corrected chi connectivity index (χ0v) is 10.6. The Bertz CT molecular complexity index is 486. The molecule has 5 nitrogen and oxygen atoms in total. The summed E-state index contributed by atoms with van der Waals surface area (Å²) in [7, 11) is 1.28. The predicted octanol–water partition coefficient (Wildman–Crippen LogP) is 1.28. The molecule has 2 N–H and O–H groups in total. The van der Waals surface area contributed by atoms with Crippen LogP contribution in [0.5, 0.6) is 0 Å². The average Bonchev–Trinajstić information content (AvgIpc) is 2.28. The second-order valence-corrected chi connectivity index (χ2v) is 4.44. The van der Waals surface area contributed by atoms with Crippen molar-refractivity contribution in [3.63, 3.8) is 0 Å². The van der Waals surface area contributed by atoms with Gasteiger partial charge in [-0.15, -0.1) is 0 Å². The Morgan fingerprint density at radius 3 is 2.72 bits per heavy atom. The van der Waals surface area contributed by atoms with Crippen LogP contribution in [0.15, 0.2) is 18.2 Å². The van der Waals surface area contributed by atoms with E-state index in [1.807, 2.05) is 0 Å². The summed E-state index contributed by atoms with van der Waals surface area (Å²) in [5.41, 5.74) is 0.778. The number of ether oxygens (including phenoxy) is 1. The topological polar surface area (TPSA) is 67.4 Å². The van der Waals surface area contributed by atoms with Gasteiger partial charge in [-0.05, 0) is 18.2 Å². The highest BCUT2D eigenvalue weighted by atomic mass is 35.5. The maximum absolute atomic E-state index is 11.7. The van der Waals surface area contributed by atoms with Gasteiger partial charge in [0.2, 0.25) is 5.91 Å². The Kier molecular flexibility index (Phi) is 3.84. The van der Waals surface area contributed by atoms with Crippen LogP contribution < -0.4 is 10.6 Å². The number of anilines is 1. The lowest BCUT2D eigenvalue weighted by atomic mass is 10.0. The standard InChI is InChI=1S/C12H13ClN2O3/c1-18-12(17)9-4-8(2-3-10(9)13)15-11(16)7-5-14-6-7/h2-4,7,14H,5-6H2,1H3,(H,15,16). The van der Waals surface area contributed by atoms with Gasteiger partial charge in [-0.3, -0.25) is 4.79 Å². The number of rotatable bonds is 3. The first-order valence-corrected chi connectivity index (χ1v) is 5.89. The maximum Gasteiger partial charge on any atom is 0.339 e. The Labute approximate surface area is 109 Å². The summed E-state index contributed by atoms with van der Waals surface area (Å²) in [4.78, 5) is 23.2. The highest BCUT2D eigenvalue weighted by molar-refractivity contribution is 6.33. The van der Waals surface area contributed by atoms with Crippen LogP contribution >= 0.6 is 11.6 Å². The minimum atomic E-state index is -0.526. The fourth-order valence-corrected chi connectivity index (χ4v) is 1.78. The first-order chi connectivity index (χ1) is 8.61. The van der Waals surface area contributed by atoms with Crippen LogP contribution in [0.2, 0.25) is 5.02 Å². The molecule has 18 heavy (non-hydrogen) atoms. The number of halogens is 1. The third-order valence-electron chi connectivity index (χ3n) is 2.79. The zero-order valence-electron chi connectivity index (χ0n) is 9.83. The molecule has 0 aromatic heterocycles. The number of nitrogens with one attached hydrogen (secondary N) is 2. The zero-order chi connectivity index (χ0) is 13.1. The lowest BCUT2D eigenvalue weighted by Gasteiger charge is -2.25. The number of carbonyl (C=O) groups is 2. The molecular formula is C12H13ClN2O3. The van der Waals surface area contributed by atoms with Crippen LogP contribution in [0.3, 0.4) is 0 Å². The molecule has 0 spiro atoms. The Morgan fingerprint density at radius 1 is 1.44 bits per heavy atom. The summed E-state index contributed by atoms with van der Waals surface area (Å²) >= 11 is 5.88.